The third-order valence-corrected chi connectivity index (χ3v) is 5.64. The van der Waals surface area contributed by atoms with Crippen molar-refractivity contribution in [2.75, 3.05) is 27.4 Å². The van der Waals surface area contributed by atoms with Crippen molar-refractivity contribution in [3.05, 3.63) is 51.0 Å². The summed E-state index contributed by atoms with van der Waals surface area (Å²) in [4.78, 5) is 14.7. The van der Waals surface area contributed by atoms with Gasteiger partial charge in [-0.2, -0.15) is 0 Å². The van der Waals surface area contributed by atoms with Gasteiger partial charge in [-0.15, -0.1) is 0 Å². The van der Waals surface area contributed by atoms with Crippen molar-refractivity contribution >= 4 is 33.4 Å². The first-order valence-electron chi connectivity index (χ1n) is 9.04. The zero-order valence-corrected chi connectivity index (χ0v) is 18.5. The van der Waals surface area contributed by atoms with Crippen LogP contribution in [0.4, 0.5) is 0 Å². The molecule has 1 saturated heterocycles. The van der Waals surface area contributed by atoms with Crippen molar-refractivity contribution < 1.29 is 19.0 Å². The standard InChI is InChI=1S/C21H23BrClNO4/c1-13-9-15(22)11-16(23)21(13)28-12-20(25)24-8-4-5-17(24)14-6-7-18(26-2)19(10-14)27-3/h6-7,9-11,17H,4-5,8,12H2,1-3H3/t17-/m0/s1. The van der Waals surface area contributed by atoms with Crippen molar-refractivity contribution in [3.8, 4) is 17.2 Å². The van der Waals surface area contributed by atoms with Gasteiger partial charge in [-0.25, -0.2) is 0 Å². The number of methoxy groups -OCH3 is 2. The molecule has 28 heavy (non-hydrogen) atoms. The van der Waals surface area contributed by atoms with Crippen LogP contribution in [0.25, 0.3) is 0 Å². The molecule has 0 saturated carbocycles. The SMILES string of the molecule is COc1ccc([C@@H]2CCCN2C(=O)COc2c(C)cc(Br)cc2Cl)cc1OC. The second-order valence-electron chi connectivity index (χ2n) is 6.68. The molecule has 2 aromatic rings. The van der Waals surface area contributed by atoms with Crippen molar-refractivity contribution in [3.63, 3.8) is 0 Å². The molecule has 1 fully saturated rings. The number of amides is 1. The summed E-state index contributed by atoms with van der Waals surface area (Å²) in [6, 6.07) is 9.46. The number of hydrogen-bond acceptors (Lipinski definition) is 4. The topological polar surface area (TPSA) is 48.0 Å². The number of likely N-dealkylation sites (tertiary alicyclic amines) is 1. The highest BCUT2D eigenvalue weighted by Crippen LogP contribution is 2.37. The van der Waals surface area contributed by atoms with E-state index < -0.39 is 0 Å². The molecule has 1 atom stereocenters. The lowest BCUT2D eigenvalue weighted by atomic mass is 10.0. The molecule has 5 nitrogen and oxygen atoms in total. The van der Waals surface area contributed by atoms with Gasteiger partial charge in [0.1, 0.15) is 5.75 Å². The summed E-state index contributed by atoms with van der Waals surface area (Å²) in [5, 5.41) is 0.484. The number of ether oxygens (including phenoxy) is 3. The van der Waals surface area contributed by atoms with E-state index in [4.69, 9.17) is 25.8 Å². The number of carbonyl (C=O) groups excluding carboxylic acids is 1. The molecule has 7 heteroatoms. The summed E-state index contributed by atoms with van der Waals surface area (Å²) in [7, 11) is 3.22. The molecule has 0 spiro atoms. The smallest absolute Gasteiger partial charge is 0.261 e. The lowest BCUT2D eigenvalue weighted by molar-refractivity contribution is -0.134. The lowest BCUT2D eigenvalue weighted by Crippen LogP contribution is -2.34. The molecule has 0 radical (unpaired) electrons. The van der Waals surface area contributed by atoms with Gasteiger partial charge in [0.25, 0.3) is 5.91 Å². The van der Waals surface area contributed by atoms with E-state index in [9.17, 15) is 4.79 Å². The average Bonchev–Trinajstić information content (AvgIpc) is 3.16. The first-order valence-corrected chi connectivity index (χ1v) is 10.2. The highest BCUT2D eigenvalue weighted by atomic mass is 79.9. The van der Waals surface area contributed by atoms with Crippen LogP contribution in [0, 0.1) is 6.92 Å². The van der Waals surface area contributed by atoms with Gasteiger partial charge in [0.15, 0.2) is 18.1 Å². The molecule has 1 heterocycles. The fourth-order valence-electron chi connectivity index (χ4n) is 3.56. The molecule has 0 N–H and O–H groups in total. The van der Waals surface area contributed by atoms with Crippen molar-refractivity contribution in [1.82, 2.24) is 4.90 Å². The maximum Gasteiger partial charge on any atom is 0.261 e. The molecule has 0 bridgehead atoms. The molecule has 1 aliphatic heterocycles. The van der Waals surface area contributed by atoms with E-state index >= 15 is 0 Å². The summed E-state index contributed by atoms with van der Waals surface area (Å²) in [6.07, 6.45) is 1.85. The molecular weight excluding hydrogens is 446 g/mol. The van der Waals surface area contributed by atoms with Crippen LogP contribution in [-0.2, 0) is 4.79 Å². The van der Waals surface area contributed by atoms with Gasteiger partial charge >= 0.3 is 0 Å². The number of aryl methyl sites for hydroxylation is 1. The molecule has 3 rings (SSSR count). The Labute approximate surface area is 178 Å². The van der Waals surface area contributed by atoms with Crippen LogP contribution < -0.4 is 14.2 Å². The van der Waals surface area contributed by atoms with E-state index in [0.29, 0.717) is 28.8 Å². The second-order valence-corrected chi connectivity index (χ2v) is 8.00. The first-order chi connectivity index (χ1) is 13.4. The van der Waals surface area contributed by atoms with Crippen LogP contribution in [0.1, 0.15) is 30.0 Å². The molecule has 1 aliphatic rings. The average molecular weight is 469 g/mol. The zero-order chi connectivity index (χ0) is 20.3. The third-order valence-electron chi connectivity index (χ3n) is 4.90. The fourth-order valence-corrected chi connectivity index (χ4v) is 4.59. The van der Waals surface area contributed by atoms with Gasteiger partial charge in [-0.3, -0.25) is 4.79 Å². The van der Waals surface area contributed by atoms with Crippen LogP contribution >= 0.6 is 27.5 Å². The Balaban J connectivity index is 1.73. The number of carbonyl (C=O) groups is 1. The van der Waals surface area contributed by atoms with Gasteiger partial charge in [-0.1, -0.05) is 33.6 Å². The van der Waals surface area contributed by atoms with Crippen LogP contribution in [0.15, 0.2) is 34.8 Å². The predicted molar refractivity (Wildman–Crippen MR) is 113 cm³/mol. The number of nitrogens with zero attached hydrogens (tertiary/aromatic N) is 1. The number of halogens is 2. The van der Waals surface area contributed by atoms with Crippen LogP contribution in [0.5, 0.6) is 17.2 Å². The number of rotatable bonds is 6. The summed E-state index contributed by atoms with van der Waals surface area (Å²) in [6.45, 7) is 2.55. The highest BCUT2D eigenvalue weighted by Gasteiger charge is 2.31. The minimum Gasteiger partial charge on any atom is -0.493 e. The van der Waals surface area contributed by atoms with E-state index in [1.807, 2.05) is 36.1 Å². The lowest BCUT2D eigenvalue weighted by Gasteiger charge is -2.26. The number of benzene rings is 2. The van der Waals surface area contributed by atoms with Gasteiger partial charge < -0.3 is 19.1 Å². The predicted octanol–water partition coefficient (Wildman–Crippen LogP) is 5.17. The Morgan fingerprint density at radius 2 is 1.96 bits per heavy atom. The fraction of sp³-hybridized carbons (Fsp3) is 0.381. The molecule has 150 valence electrons. The first kappa shape index (κ1) is 20.8. The van der Waals surface area contributed by atoms with Crippen molar-refractivity contribution in [2.24, 2.45) is 0 Å². The Hall–Kier alpha value is -1.92. The molecule has 1 amide bonds. The van der Waals surface area contributed by atoms with Crippen LogP contribution in [0.3, 0.4) is 0 Å². The van der Waals surface area contributed by atoms with Gasteiger partial charge in [-0.05, 0) is 55.2 Å². The zero-order valence-electron chi connectivity index (χ0n) is 16.1. The summed E-state index contributed by atoms with van der Waals surface area (Å²) < 4.78 is 17.4. The van der Waals surface area contributed by atoms with Crippen LogP contribution in [-0.4, -0.2) is 38.2 Å². The monoisotopic (exact) mass is 467 g/mol. The minimum atomic E-state index is -0.0596. The van der Waals surface area contributed by atoms with E-state index in [1.54, 1.807) is 20.3 Å². The van der Waals surface area contributed by atoms with Crippen molar-refractivity contribution in [2.45, 2.75) is 25.8 Å². The normalized spacial score (nSPS) is 16.2. The third kappa shape index (κ3) is 4.39. The number of hydrogen-bond donors (Lipinski definition) is 0. The molecular formula is C21H23BrClNO4. The quantitative estimate of drug-likeness (QED) is 0.587. The summed E-state index contributed by atoms with van der Waals surface area (Å²) in [5.41, 5.74) is 1.91. The summed E-state index contributed by atoms with van der Waals surface area (Å²) >= 11 is 9.66. The second kappa shape index (κ2) is 9.05. The van der Waals surface area contributed by atoms with E-state index in [1.165, 1.54) is 0 Å². The molecule has 0 unspecified atom stereocenters. The Morgan fingerprint density at radius 3 is 2.64 bits per heavy atom. The maximum absolute atomic E-state index is 12.9. The maximum atomic E-state index is 12.9. The Morgan fingerprint density at radius 1 is 1.21 bits per heavy atom. The van der Waals surface area contributed by atoms with Gasteiger partial charge in [0, 0.05) is 11.0 Å². The van der Waals surface area contributed by atoms with E-state index in [-0.39, 0.29) is 18.6 Å². The van der Waals surface area contributed by atoms with E-state index in [0.717, 1.165) is 28.4 Å². The van der Waals surface area contributed by atoms with Gasteiger partial charge in [0.05, 0.1) is 25.3 Å². The van der Waals surface area contributed by atoms with E-state index in [2.05, 4.69) is 15.9 Å². The molecule has 0 aromatic heterocycles. The highest BCUT2D eigenvalue weighted by molar-refractivity contribution is 9.10. The van der Waals surface area contributed by atoms with Crippen LogP contribution in [0.2, 0.25) is 5.02 Å². The largest absolute Gasteiger partial charge is 0.493 e. The Bertz CT molecular complexity index is 850. The Kier molecular flexibility index (Phi) is 6.73. The van der Waals surface area contributed by atoms with Gasteiger partial charge in [0.2, 0.25) is 0 Å². The molecule has 0 aliphatic carbocycles. The van der Waals surface area contributed by atoms with Crippen molar-refractivity contribution in [1.29, 1.82) is 0 Å². The molecule has 2 aromatic carbocycles. The summed E-state index contributed by atoms with van der Waals surface area (Å²) in [5.74, 6) is 1.81. The minimum absolute atomic E-state index is 0.00241.